The largest absolute Gasteiger partial charge is 0.311 e. The molecule has 242 valence electrons. The molecule has 0 spiro atoms. The number of rotatable bonds is 8. The minimum Gasteiger partial charge on any atom is -0.311 e. The summed E-state index contributed by atoms with van der Waals surface area (Å²) in [5, 5.41) is 7.90. The van der Waals surface area contributed by atoms with E-state index < -0.39 is 8.07 Å². The molecule has 0 N–H and O–H groups in total. The summed E-state index contributed by atoms with van der Waals surface area (Å²) in [5.41, 5.74) is 7.01. The molecule has 3 heteroatoms. The first-order valence-electron chi connectivity index (χ1n) is 17.5. The van der Waals surface area contributed by atoms with Crippen LogP contribution in [0.4, 0.5) is 17.1 Å². The Morgan fingerprint density at radius 3 is 1.41 bits per heavy atom. The van der Waals surface area contributed by atoms with E-state index >= 15 is 0 Å². The molecule has 0 saturated heterocycles. The van der Waals surface area contributed by atoms with E-state index in [1.54, 1.807) is 0 Å². The topological polar surface area (TPSA) is 8.17 Å². The van der Waals surface area contributed by atoms with Crippen molar-refractivity contribution in [2.45, 2.75) is 0 Å². The van der Waals surface area contributed by atoms with Gasteiger partial charge in [0.05, 0.1) is 11.0 Å². The van der Waals surface area contributed by atoms with Crippen LogP contribution in [0.1, 0.15) is 0 Å². The molecule has 0 saturated carbocycles. The molecular weight excluding hydrogens is 633 g/mol. The number of anilines is 3. The molecule has 1 aromatic heterocycles. The van der Waals surface area contributed by atoms with Crippen molar-refractivity contribution in [1.29, 1.82) is 0 Å². The first-order chi connectivity index (χ1) is 25.3. The molecule has 0 radical (unpaired) electrons. The van der Waals surface area contributed by atoms with E-state index in [-0.39, 0.29) is 0 Å². The van der Waals surface area contributed by atoms with Crippen molar-refractivity contribution < 1.29 is 0 Å². The highest BCUT2D eigenvalue weighted by Crippen LogP contribution is 2.35. The Kier molecular flexibility index (Phi) is 7.88. The van der Waals surface area contributed by atoms with Crippen LogP contribution >= 0.6 is 0 Å². The van der Waals surface area contributed by atoms with Crippen LogP contribution in [0.25, 0.3) is 27.5 Å². The van der Waals surface area contributed by atoms with E-state index in [4.69, 9.17) is 0 Å². The smallest absolute Gasteiger partial charge is 0.181 e. The second kappa shape index (κ2) is 13.1. The van der Waals surface area contributed by atoms with Crippen LogP contribution in [0.3, 0.4) is 0 Å². The summed E-state index contributed by atoms with van der Waals surface area (Å²) in [4.78, 5) is 2.38. The second-order valence-corrected chi connectivity index (χ2v) is 16.7. The minimum absolute atomic E-state index is 1.12. The average molecular weight is 669 g/mol. The Hall–Kier alpha value is -6.42. The van der Waals surface area contributed by atoms with Gasteiger partial charge in [0.25, 0.3) is 0 Å². The van der Waals surface area contributed by atoms with E-state index in [2.05, 4.69) is 228 Å². The molecule has 0 atom stereocenters. The van der Waals surface area contributed by atoms with Crippen molar-refractivity contribution in [2.24, 2.45) is 0 Å². The van der Waals surface area contributed by atoms with Gasteiger partial charge >= 0.3 is 0 Å². The summed E-state index contributed by atoms with van der Waals surface area (Å²) < 4.78 is 2.50. The summed E-state index contributed by atoms with van der Waals surface area (Å²) in [6.45, 7) is 0. The lowest BCUT2D eigenvalue weighted by molar-refractivity contribution is 1.18. The zero-order chi connectivity index (χ0) is 34.0. The van der Waals surface area contributed by atoms with Gasteiger partial charge in [0.15, 0.2) is 8.07 Å². The fraction of sp³-hybridized carbons (Fsp3) is 0. The molecule has 0 aliphatic carbocycles. The molecule has 2 nitrogen and oxygen atoms in total. The third kappa shape index (κ3) is 5.18. The molecule has 0 amide bonds. The summed E-state index contributed by atoms with van der Waals surface area (Å²) in [7, 11) is -3.02. The van der Waals surface area contributed by atoms with Crippen LogP contribution in [0, 0.1) is 0 Å². The Labute approximate surface area is 300 Å². The van der Waals surface area contributed by atoms with E-state index in [1.165, 1.54) is 42.6 Å². The van der Waals surface area contributed by atoms with Gasteiger partial charge in [-0.05, 0) is 75.3 Å². The quantitative estimate of drug-likeness (QED) is 0.116. The third-order valence-electron chi connectivity index (χ3n) is 10.1. The molecule has 0 aliphatic heterocycles. The maximum atomic E-state index is 2.50. The molecule has 1 heterocycles. The zero-order valence-electron chi connectivity index (χ0n) is 28.2. The van der Waals surface area contributed by atoms with Crippen molar-refractivity contribution in [2.75, 3.05) is 4.90 Å². The Morgan fingerprint density at radius 1 is 0.353 bits per heavy atom. The van der Waals surface area contributed by atoms with E-state index in [0.29, 0.717) is 0 Å². The third-order valence-corrected chi connectivity index (χ3v) is 14.9. The first-order valence-corrected chi connectivity index (χ1v) is 19.5. The predicted molar refractivity (Wildman–Crippen MR) is 219 cm³/mol. The second-order valence-electron chi connectivity index (χ2n) is 12.9. The number of hydrogen-bond donors (Lipinski definition) is 0. The Morgan fingerprint density at radius 2 is 0.804 bits per heavy atom. The first kappa shape index (κ1) is 30.6. The highest BCUT2D eigenvalue weighted by molar-refractivity contribution is 7.20. The molecule has 0 fully saturated rings. The van der Waals surface area contributed by atoms with Crippen molar-refractivity contribution in [1.82, 2.24) is 4.57 Å². The van der Waals surface area contributed by atoms with Crippen molar-refractivity contribution >= 4 is 67.7 Å². The summed E-state index contributed by atoms with van der Waals surface area (Å²) in [6.07, 6.45) is 0. The van der Waals surface area contributed by atoms with Gasteiger partial charge in [-0.25, -0.2) is 0 Å². The van der Waals surface area contributed by atoms with Gasteiger partial charge in [0, 0.05) is 33.5 Å². The van der Waals surface area contributed by atoms with Crippen molar-refractivity contribution in [3.05, 3.63) is 218 Å². The summed E-state index contributed by atoms with van der Waals surface area (Å²) in [5.74, 6) is 0. The lowest BCUT2D eigenvalue weighted by Gasteiger charge is -2.36. The standard InChI is InChI=1S/C48H36N2Si/c1-6-20-37(21-7-1)49(38-22-8-2-9-23-38)40-26-18-31-43(36-40)51(41-27-12-4-13-28-41,42-29-14-5-15-30-42)47-35-19-33-45-44-32-16-17-34-46(44)50(48(45)47)39-24-10-3-11-25-39/h1-36H. The lowest BCUT2D eigenvalue weighted by Crippen LogP contribution is -2.75. The number of benzene rings is 8. The number of nitrogens with zero attached hydrogens (tertiary/aromatic N) is 2. The highest BCUT2D eigenvalue weighted by Gasteiger charge is 2.44. The molecule has 51 heavy (non-hydrogen) atoms. The number of aromatic nitrogens is 1. The fourth-order valence-electron chi connectivity index (χ4n) is 7.99. The molecule has 0 aliphatic rings. The van der Waals surface area contributed by atoms with Gasteiger partial charge in [-0.15, -0.1) is 0 Å². The SMILES string of the molecule is c1ccc(N(c2ccccc2)c2cccc([Si](c3ccccc3)(c3ccccc3)c3cccc4c5ccccc5n(-c5ccccc5)c34)c2)cc1. The molecular formula is C48H36N2Si. The Bertz CT molecular complexity index is 2490. The number of hydrogen-bond acceptors (Lipinski definition) is 1. The van der Waals surface area contributed by atoms with Gasteiger partial charge in [0.2, 0.25) is 0 Å². The molecule has 9 rings (SSSR count). The maximum Gasteiger partial charge on any atom is 0.181 e. The fourth-order valence-corrected chi connectivity index (χ4v) is 13.0. The van der Waals surface area contributed by atoms with E-state index in [1.807, 2.05) is 0 Å². The number of fused-ring (bicyclic) bond motifs is 3. The van der Waals surface area contributed by atoms with Gasteiger partial charge in [-0.1, -0.05) is 164 Å². The maximum absolute atomic E-state index is 3.02. The van der Waals surface area contributed by atoms with Crippen LogP contribution in [0.15, 0.2) is 218 Å². The number of para-hydroxylation sites is 5. The molecule has 0 unspecified atom stereocenters. The molecule has 9 aromatic rings. The summed E-state index contributed by atoms with van der Waals surface area (Å²) >= 11 is 0. The minimum atomic E-state index is -3.02. The lowest BCUT2D eigenvalue weighted by atomic mass is 10.1. The van der Waals surface area contributed by atoms with Crippen LogP contribution in [0.2, 0.25) is 0 Å². The zero-order valence-corrected chi connectivity index (χ0v) is 29.2. The molecule has 8 aromatic carbocycles. The van der Waals surface area contributed by atoms with E-state index in [0.717, 1.165) is 22.7 Å². The van der Waals surface area contributed by atoms with Crippen LogP contribution in [0.5, 0.6) is 0 Å². The Balaban J connectivity index is 1.43. The summed E-state index contributed by atoms with van der Waals surface area (Å²) in [6, 6.07) is 79.9. The van der Waals surface area contributed by atoms with Crippen LogP contribution < -0.4 is 25.6 Å². The van der Waals surface area contributed by atoms with Crippen molar-refractivity contribution in [3.63, 3.8) is 0 Å². The van der Waals surface area contributed by atoms with Gasteiger partial charge in [-0.3, -0.25) is 0 Å². The van der Waals surface area contributed by atoms with Crippen LogP contribution in [-0.2, 0) is 0 Å². The van der Waals surface area contributed by atoms with E-state index in [9.17, 15) is 0 Å². The van der Waals surface area contributed by atoms with Gasteiger partial charge in [0.1, 0.15) is 0 Å². The van der Waals surface area contributed by atoms with Crippen LogP contribution in [-0.4, -0.2) is 12.6 Å². The monoisotopic (exact) mass is 668 g/mol. The predicted octanol–water partition coefficient (Wildman–Crippen LogP) is 9.63. The molecule has 0 bridgehead atoms. The average Bonchev–Trinajstić information content (AvgIpc) is 3.56. The van der Waals surface area contributed by atoms with Gasteiger partial charge in [-0.2, -0.15) is 0 Å². The highest BCUT2D eigenvalue weighted by atomic mass is 28.3. The normalized spacial score (nSPS) is 11.5. The van der Waals surface area contributed by atoms with Gasteiger partial charge < -0.3 is 9.47 Å². The van der Waals surface area contributed by atoms with Crippen molar-refractivity contribution in [3.8, 4) is 5.69 Å².